The lowest BCUT2D eigenvalue weighted by molar-refractivity contribution is 0.438. The van der Waals surface area contributed by atoms with Crippen molar-refractivity contribution in [3.05, 3.63) is 42.0 Å². The average molecular weight is 300 g/mol. The topological polar surface area (TPSA) is 38.0 Å². The van der Waals surface area contributed by atoms with Crippen LogP contribution in [0.5, 0.6) is 0 Å². The molecule has 3 N–H and O–H groups in total. The van der Waals surface area contributed by atoms with Gasteiger partial charge in [0.2, 0.25) is 0 Å². The number of nitrogens with two attached hydrogens (primary N) is 1. The average Bonchev–Trinajstić information content (AvgIpc) is 2.48. The molecule has 2 rings (SSSR count). The largest absolute Gasteiger partial charge is 0.389 e. The van der Waals surface area contributed by atoms with Gasteiger partial charge in [-0.05, 0) is 30.4 Å². The molecule has 0 aliphatic heterocycles. The van der Waals surface area contributed by atoms with E-state index in [2.05, 4.69) is 50.4 Å². The number of hydrogen-bond acceptors (Lipinski definition) is 2. The molecule has 0 fully saturated rings. The smallest absolute Gasteiger partial charge is 0.104 e. The Labute approximate surface area is 132 Å². The van der Waals surface area contributed by atoms with Gasteiger partial charge in [-0.25, -0.2) is 0 Å². The van der Waals surface area contributed by atoms with E-state index in [-0.39, 0.29) is 0 Å². The predicted molar refractivity (Wildman–Crippen MR) is 97.0 cm³/mol. The monoisotopic (exact) mass is 300 g/mol. The Hall–Kier alpha value is -1.61. The zero-order chi connectivity index (χ0) is 15.4. The van der Waals surface area contributed by atoms with Crippen LogP contribution in [0.2, 0.25) is 0 Å². The number of anilines is 1. The molecule has 2 nitrogen and oxygen atoms in total. The molecule has 0 bridgehead atoms. The first kappa shape index (κ1) is 15.8. The fourth-order valence-electron chi connectivity index (χ4n) is 3.00. The molecular formula is C18H24N2S. The Morgan fingerprint density at radius 1 is 1.10 bits per heavy atom. The Morgan fingerprint density at radius 2 is 1.71 bits per heavy atom. The van der Waals surface area contributed by atoms with Crippen LogP contribution in [0.3, 0.4) is 0 Å². The summed E-state index contributed by atoms with van der Waals surface area (Å²) in [5, 5.41) is 5.97. The first-order valence-corrected chi connectivity index (χ1v) is 8.07. The second kappa shape index (κ2) is 6.90. The van der Waals surface area contributed by atoms with Crippen molar-refractivity contribution >= 4 is 33.7 Å². The maximum absolute atomic E-state index is 5.83. The van der Waals surface area contributed by atoms with E-state index >= 15 is 0 Å². The molecular weight excluding hydrogens is 276 g/mol. The summed E-state index contributed by atoms with van der Waals surface area (Å²) in [6.07, 6.45) is 2.38. The molecule has 0 aliphatic rings. The number of fused-ring (bicyclic) bond motifs is 1. The molecule has 2 aromatic rings. The molecule has 0 heterocycles. The van der Waals surface area contributed by atoms with E-state index in [1.54, 1.807) is 0 Å². The summed E-state index contributed by atoms with van der Waals surface area (Å²) in [7, 11) is 0. The van der Waals surface area contributed by atoms with Gasteiger partial charge < -0.3 is 11.1 Å². The summed E-state index contributed by atoms with van der Waals surface area (Å²) in [6, 6.07) is 12.8. The Balaban J connectivity index is 2.42. The van der Waals surface area contributed by atoms with Crippen molar-refractivity contribution in [3.63, 3.8) is 0 Å². The summed E-state index contributed by atoms with van der Waals surface area (Å²) >= 11 is 5.16. The second-order valence-corrected chi connectivity index (χ2v) is 6.02. The summed E-state index contributed by atoms with van der Waals surface area (Å²) in [5.74, 6) is 0.680. The van der Waals surface area contributed by atoms with Crippen LogP contribution in [0.15, 0.2) is 36.4 Å². The zero-order valence-corrected chi connectivity index (χ0v) is 13.8. The van der Waals surface area contributed by atoms with Gasteiger partial charge in [-0.2, -0.15) is 0 Å². The van der Waals surface area contributed by atoms with E-state index in [0.717, 1.165) is 16.6 Å². The molecule has 0 spiro atoms. The van der Waals surface area contributed by atoms with Gasteiger partial charge >= 0.3 is 0 Å². The van der Waals surface area contributed by atoms with E-state index in [1.165, 1.54) is 18.2 Å². The fourth-order valence-corrected chi connectivity index (χ4v) is 3.18. The first-order valence-electron chi connectivity index (χ1n) is 7.66. The van der Waals surface area contributed by atoms with Crippen LogP contribution in [0.4, 0.5) is 5.69 Å². The second-order valence-electron chi connectivity index (χ2n) is 5.58. The molecule has 3 heteroatoms. The molecule has 21 heavy (non-hydrogen) atoms. The van der Waals surface area contributed by atoms with Gasteiger partial charge in [0.05, 0.1) is 0 Å². The van der Waals surface area contributed by atoms with Crippen molar-refractivity contribution in [1.29, 1.82) is 0 Å². The molecule has 0 radical (unpaired) electrons. The highest BCUT2D eigenvalue weighted by Crippen LogP contribution is 2.28. The highest BCUT2D eigenvalue weighted by Gasteiger charge is 2.15. The van der Waals surface area contributed by atoms with Crippen molar-refractivity contribution in [2.45, 2.75) is 39.7 Å². The third-order valence-corrected chi connectivity index (χ3v) is 4.55. The number of thiocarbonyl (C=S) groups is 1. The summed E-state index contributed by atoms with van der Waals surface area (Å²) in [6.45, 7) is 6.76. The van der Waals surface area contributed by atoms with Gasteiger partial charge in [-0.1, -0.05) is 63.2 Å². The molecule has 0 saturated heterocycles. The maximum Gasteiger partial charge on any atom is 0.104 e. The number of hydrogen-bond donors (Lipinski definition) is 2. The minimum atomic E-state index is 0.444. The molecule has 0 amide bonds. The van der Waals surface area contributed by atoms with Crippen LogP contribution < -0.4 is 11.1 Å². The number of rotatable bonds is 6. The van der Waals surface area contributed by atoms with E-state index in [4.69, 9.17) is 18.0 Å². The quantitative estimate of drug-likeness (QED) is 0.759. The lowest BCUT2D eigenvalue weighted by Crippen LogP contribution is -2.25. The van der Waals surface area contributed by atoms with Crippen LogP contribution >= 0.6 is 12.2 Å². The van der Waals surface area contributed by atoms with Crippen molar-refractivity contribution < 1.29 is 0 Å². The number of benzene rings is 2. The SMILES string of the molecule is CCC(CC)C(C)Nc1ccc(C(N)=S)c2ccccc12. The van der Waals surface area contributed by atoms with Crippen LogP contribution in [-0.4, -0.2) is 11.0 Å². The minimum Gasteiger partial charge on any atom is -0.389 e. The normalized spacial score (nSPS) is 12.6. The van der Waals surface area contributed by atoms with E-state index in [1.807, 2.05) is 12.1 Å². The molecule has 2 aromatic carbocycles. The van der Waals surface area contributed by atoms with Crippen molar-refractivity contribution in [1.82, 2.24) is 0 Å². The summed E-state index contributed by atoms with van der Waals surface area (Å²) in [4.78, 5) is 0.450. The van der Waals surface area contributed by atoms with Gasteiger partial charge in [0.25, 0.3) is 0 Å². The molecule has 0 saturated carbocycles. The Kier molecular flexibility index (Phi) is 5.18. The standard InChI is InChI=1S/C18H24N2S/c1-4-13(5-2)12(3)20-17-11-10-16(18(19)21)14-8-6-7-9-15(14)17/h6-13,20H,4-5H2,1-3H3,(H2,19,21). The highest BCUT2D eigenvalue weighted by molar-refractivity contribution is 7.80. The molecule has 1 atom stereocenters. The van der Waals surface area contributed by atoms with Crippen LogP contribution in [0, 0.1) is 5.92 Å². The third kappa shape index (κ3) is 3.35. The van der Waals surface area contributed by atoms with Crippen LogP contribution in [-0.2, 0) is 0 Å². The van der Waals surface area contributed by atoms with E-state index in [0.29, 0.717) is 16.9 Å². The Morgan fingerprint density at radius 3 is 2.29 bits per heavy atom. The van der Waals surface area contributed by atoms with E-state index < -0.39 is 0 Å². The zero-order valence-electron chi connectivity index (χ0n) is 13.0. The van der Waals surface area contributed by atoms with Gasteiger partial charge in [-0.3, -0.25) is 0 Å². The van der Waals surface area contributed by atoms with Crippen molar-refractivity contribution in [3.8, 4) is 0 Å². The van der Waals surface area contributed by atoms with E-state index in [9.17, 15) is 0 Å². The predicted octanol–water partition coefficient (Wildman–Crippen LogP) is 4.71. The maximum atomic E-state index is 5.83. The Bertz CT molecular complexity index is 632. The highest BCUT2D eigenvalue weighted by atomic mass is 32.1. The van der Waals surface area contributed by atoms with Crippen molar-refractivity contribution in [2.75, 3.05) is 5.32 Å². The van der Waals surface area contributed by atoms with Gasteiger partial charge in [0.1, 0.15) is 4.99 Å². The van der Waals surface area contributed by atoms with Gasteiger partial charge in [-0.15, -0.1) is 0 Å². The van der Waals surface area contributed by atoms with Crippen molar-refractivity contribution in [2.24, 2.45) is 11.7 Å². The first-order chi connectivity index (χ1) is 10.1. The lowest BCUT2D eigenvalue weighted by atomic mass is 9.94. The lowest BCUT2D eigenvalue weighted by Gasteiger charge is -2.24. The fraction of sp³-hybridized carbons (Fsp3) is 0.389. The molecule has 0 aromatic heterocycles. The van der Waals surface area contributed by atoms with Gasteiger partial charge in [0, 0.05) is 22.7 Å². The van der Waals surface area contributed by atoms with Crippen LogP contribution in [0.1, 0.15) is 39.2 Å². The summed E-state index contributed by atoms with van der Waals surface area (Å²) in [5.41, 5.74) is 7.94. The number of nitrogens with one attached hydrogen (secondary N) is 1. The minimum absolute atomic E-state index is 0.444. The van der Waals surface area contributed by atoms with Gasteiger partial charge in [0.15, 0.2) is 0 Å². The summed E-state index contributed by atoms with van der Waals surface area (Å²) < 4.78 is 0. The van der Waals surface area contributed by atoms with Crippen LogP contribution in [0.25, 0.3) is 10.8 Å². The molecule has 1 unspecified atom stereocenters. The third-order valence-electron chi connectivity index (χ3n) is 4.33. The molecule has 0 aliphatic carbocycles. The molecule has 112 valence electrons.